The summed E-state index contributed by atoms with van der Waals surface area (Å²) in [4.78, 5) is 3.37. The molecule has 0 bridgehead atoms. The first kappa shape index (κ1) is 11.1. The Labute approximate surface area is 106 Å². The monoisotopic (exact) mass is 248 g/mol. The highest BCUT2D eigenvalue weighted by atomic mass is 35.5. The Morgan fingerprint density at radius 2 is 2.12 bits per heavy atom. The number of hydrogen-bond donors (Lipinski definition) is 2. The van der Waals surface area contributed by atoms with Crippen LogP contribution in [0.4, 0.5) is 0 Å². The molecule has 90 valence electrons. The van der Waals surface area contributed by atoms with Crippen molar-refractivity contribution in [1.29, 1.82) is 0 Å². The number of benzene rings is 1. The van der Waals surface area contributed by atoms with Crippen LogP contribution in [-0.4, -0.2) is 11.5 Å². The van der Waals surface area contributed by atoms with Gasteiger partial charge in [0.15, 0.2) is 0 Å². The summed E-state index contributed by atoms with van der Waals surface area (Å²) in [5, 5.41) is 5.44. The average Bonchev–Trinajstić information content (AvgIpc) is 3.12. The lowest BCUT2D eigenvalue weighted by Crippen LogP contribution is -2.15. The maximum absolute atomic E-state index is 6.34. The highest BCUT2D eigenvalue weighted by Gasteiger charge is 2.20. The Bertz CT molecular complexity index is 514. The van der Waals surface area contributed by atoms with E-state index in [2.05, 4.69) is 22.4 Å². The van der Waals surface area contributed by atoms with Crippen molar-refractivity contribution in [3.05, 3.63) is 35.0 Å². The first-order valence-corrected chi connectivity index (χ1v) is 6.68. The predicted molar refractivity (Wildman–Crippen MR) is 72.4 cm³/mol. The number of nitrogens with one attached hydrogen (secondary N) is 2. The second-order valence-electron chi connectivity index (χ2n) is 4.87. The lowest BCUT2D eigenvalue weighted by atomic mass is 10.2. The zero-order valence-corrected chi connectivity index (χ0v) is 10.6. The second-order valence-corrected chi connectivity index (χ2v) is 5.25. The van der Waals surface area contributed by atoms with Gasteiger partial charge in [-0.2, -0.15) is 0 Å². The highest BCUT2D eigenvalue weighted by Crippen LogP contribution is 2.32. The number of aromatic nitrogens is 1. The summed E-state index contributed by atoms with van der Waals surface area (Å²) in [6, 6.07) is 8.17. The van der Waals surface area contributed by atoms with Crippen LogP contribution in [0.2, 0.25) is 5.02 Å². The molecule has 0 aliphatic heterocycles. The van der Waals surface area contributed by atoms with Crippen LogP contribution < -0.4 is 5.32 Å². The minimum absolute atomic E-state index is 0.834. The van der Waals surface area contributed by atoms with Gasteiger partial charge in [0.2, 0.25) is 0 Å². The lowest BCUT2D eigenvalue weighted by Gasteiger charge is -2.02. The van der Waals surface area contributed by atoms with Crippen LogP contribution in [0.15, 0.2) is 24.3 Å². The Morgan fingerprint density at radius 3 is 2.88 bits per heavy atom. The Kier molecular flexibility index (Phi) is 3.08. The van der Waals surface area contributed by atoms with Crippen molar-refractivity contribution in [2.24, 2.45) is 5.92 Å². The van der Waals surface area contributed by atoms with Crippen LogP contribution in [0, 0.1) is 5.92 Å². The van der Waals surface area contributed by atoms with E-state index in [0.29, 0.717) is 0 Å². The van der Waals surface area contributed by atoms with Gasteiger partial charge >= 0.3 is 0 Å². The van der Waals surface area contributed by atoms with Crippen LogP contribution in [-0.2, 0) is 6.54 Å². The molecule has 2 nitrogen and oxygen atoms in total. The van der Waals surface area contributed by atoms with Crippen molar-refractivity contribution in [3.8, 4) is 0 Å². The molecule has 3 heteroatoms. The van der Waals surface area contributed by atoms with E-state index in [1.165, 1.54) is 19.3 Å². The lowest BCUT2D eigenvalue weighted by molar-refractivity contribution is 0.608. The molecule has 0 spiro atoms. The van der Waals surface area contributed by atoms with Crippen molar-refractivity contribution >= 4 is 22.5 Å². The third-order valence-electron chi connectivity index (χ3n) is 3.44. The maximum atomic E-state index is 6.34. The van der Waals surface area contributed by atoms with Crippen LogP contribution in [0.5, 0.6) is 0 Å². The quantitative estimate of drug-likeness (QED) is 0.776. The maximum Gasteiger partial charge on any atom is 0.0705 e. The van der Waals surface area contributed by atoms with E-state index in [9.17, 15) is 0 Å². The van der Waals surface area contributed by atoms with Crippen LogP contribution in [0.3, 0.4) is 0 Å². The van der Waals surface area contributed by atoms with Gasteiger partial charge in [-0.05, 0) is 24.9 Å². The summed E-state index contributed by atoms with van der Waals surface area (Å²) in [5.41, 5.74) is 2.22. The summed E-state index contributed by atoms with van der Waals surface area (Å²) >= 11 is 6.34. The van der Waals surface area contributed by atoms with E-state index in [-0.39, 0.29) is 0 Å². The molecule has 1 aromatic heterocycles. The molecule has 3 rings (SSSR count). The molecule has 1 saturated carbocycles. The van der Waals surface area contributed by atoms with Crippen LogP contribution in [0.25, 0.3) is 10.9 Å². The zero-order chi connectivity index (χ0) is 11.7. The molecular weight excluding hydrogens is 232 g/mol. The van der Waals surface area contributed by atoms with Crippen molar-refractivity contribution in [1.82, 2.24) is 10.3 Å². The predicted octanol–water partition coefficient (Wildman–Crippen LogP) is 3.71. The van der Waals surface area contributed by atoms with Gasteiger partial charge in [0.05, 0.1) is 5.02 Å². The van der Waals surface area contributed by atoms with Crippen LogP contribution in [0.1, 0.15) is 25.0 Å². The summed E-state index contributed by atoms with van der Waals surface area (Å²) < 4.78 is 0. The van der Waals surface area contributed by atoms with Gasteiger partial charge in [-0.3, -0.25) is 0 Å². The van der Waals surface area contributed by atoms with E-state index in [0.717, 1.165) is 40.6 Å². The molecular formula is C14H17ClN2. The normalized spacial score (nSPS) is 15.6. The van der Waals surface area contributed by atoms with Gasteiger partial charge in [0.25, 0.3) is 0 Å². The van der Waals surface area contributed by atoms with E-state index in [4.69, 9.17) is 11.6 Å². The van der Waals surface area contributed by atoms with Crippen LogP contribution >= 0.6 is 11.6 Å². The summed E-state index contributed by atoms with van der Waals surface area (Å²) in [7, 11) is 0. The Balaban J connectivity index is 1.65. The van der Waals surface area contributed by atoms with E-state index >= 15 is 0 Å². The molecule has 2 aromatic rings. The zero-order valence-electron chi connectivity index (χ0n) is 9.80. The number of halogens is 1. The topological polar surface area (TPSA) is 27.8 Å². The highest BCUT2D eigenvalue weighted by molar-refractivity contribution is 6.36. The van der Waals surface area contributed by atoms with Crippen molar-refractivity contribution in [2.75, 3.05) is 6.54 Å². The second kappa shape index (κ2) is 4.71. The third kappa shape index (κ3) is 2.48. The molecule has 1 heterocycles. The van der Waals surface area contributed by atoms with Gasteiger partial charge in [0.1, 0.15) is 0 Å². The number of rotatable bonds is 5. The Hall–Kier alpha value is -0.990. The number of hydrogen-bond acceptors (Lipinski definition) is 1. The molecule has 17 heavy (non-hydrogen) atoms. The number of para-hydroxylation sites is 1. The minimum atomic E-state index is 0.834. The smallest absolute Gasteiger partial charge is 0.0705 e. The molecule has 1 aliphatic rings. The van der Waals surface area contributed by atoms with E-state index in [1.54, 1.807) is 0 Å². The third-order valence-corrected chi connectivity index (χ3v) is 3.87. The molecule has 0 saturated heterocycles. The molecule has 1 aromatic carbocycles. The van der Waals surface area contributed by atoms with E-state index in [1.807, 2.05) is 12.1 Å². The molecule has 0 atom stereocenters. The minimum Gasteiger partial charge on any atom is -0.356 e. The van der Waals surface area contributed by atoms with Crippen molar-refractivity contribution in [2.45, 2.75) is 25.8 Å². The first-order valence-electron chi connectivity index (χ1n) is 6.30. The van der Waals surface area contributed by atoms with Gasteiger partial charge in [-0.25, -0.2) is 0 Å². The van der Waals surface area contributed by atoms with E-state index < -0.39 is 0 Å². The number of H-pyrrole nitrogens is 1. The summed E-state index contributed by atoms with van der Waals surface area (Å²) in [6.07, 6.45) is 4.15. The SMILES string of the molecule is Clc1c(CNCCC2CC2)[nH]c2ccccc12. The van der Waals surface area contributed by atoms with Crippen molar-refractivity contribution < 1.29 is 0 Å². The number of fused-ring (bicyclic) bond motifs is 1. The molecule has 1 aliphatic carbocycles. The molecule has 0 amide bonds. The van der Waals surface area contributed by atoms with Gasteiger partial charge in [-0.15, -0.1) is 0 Å². The summed E-state index contributed by atoms with van der Waals surface area (Å²) in [6.45, 7) is 1.93. The average molecular weight is 249 g/mol. The molecule has 1 fully saturated rings. The standard InChI is InChI=1S/C14H17ClN2/c15-14-11-3-1-2-4-12(11)17-13(14)9-16-8-7-10-5-6-10/h1-4,10,16-17H,5-9H2. The largest absolute Gasteiger partial charge is 0.356 e. The first-order chi connectivity index (χ1) is 8.34. The van der Waals surface area contributed by atoms with Crippen molar-refractivity contribution in [3.63, 3.8) is 0 Å². The van der Waals surface area contributed by atoms with Gasteiger partial charge in [-0.1, -0.05) is 42.6 Å². The van der Waals surface area contributed by atoms with Gasteiger partial charge in [0, 0.05) is 23.1 Å². The fourth-order valence-electron chi connectivity index (χ4n) is 2.21. The fourth-order valence-corrected chi connectivity index (χ4v) is 2.49. The molecule has 0 radical (unpaired) electrons. The number of aromatic amines is 1. The van der Waals surface area contributed by atoms with Gasteiger partial charge < -0.3 is 10.3 Å². The Morgan fingerprint density at radius 1 is 1.29 bits per heavy atom. The molecule has 0 unspecified atom stereocenters. The molecule has 2 N–H and O–H groups in total. The summed E-state index contributed by atoms with van der Waals surface area (Å²) in [5.74, 6) is 0.987. The fraction of sp³-hybridized carbons (Fsp3) is 0.429.